The molecule has 0 radical (unpaired) electrons. The van der Waals surface area contributed by atoms with Crippen LogP contribution in [-0.2, 0) is 5.54 Å². The standard InChI is InChI=1S/C20H26N6O2/c1-12(2)26-17-15(11-21-26)10-16(13(3)22-17)18(27)24-20(8-6-5-7-9-20)19-23-14(4)28-25-19/h10-12H,5-9H2,1-4H3,(H,24,27). The molecule has 1 fully saturated rings. The van der Waals surface area contributed by atoms with Crippen molar-refractivity contribution in [1.29, 1.82) is 0 Å². The summed E-state index contributed by atoms with van der Waals surface area (Å²) in [5.74, 6) is 0.917. The van der Waals surface area contributed by atoms with Gasteiger partial charge in [0.05, 0.1) is 17.5 Å². The van der Waals surface area contributed by atoms with Crippen LogP contribution in [0.15, 0.2) is 16.8 Å². The van der Waals surface area contributed by atoms with Crippen molar-refractivity contribution in [2.75, 3.05) is 0 Å². The average molecular weight is 382 g/mol. The fourth-order valence-corrected chi connectivity index (χ4v) is 4.01. The van der Waals surface area contributed by atoms with E-state index in [0.29, 0.717) is 23.0 Å². The number of nitrogens with one attached hydrogen (secondary N) is 1. The van der Waals surface area contributed by atoms with Crippen LogP contribution in [0.3, 0.4) is 0 Å². The van der Waals surface area contributed by atoms with Gasteiger partial charge in [-0.2, -0.15) is 10.1 Å². The monoisotopic (exact) mass is 382 g/mol. The third kappa shape index (κ3) is 3.16. The number of rotatable bonds is 4. The normalized spacial score (nSPS) is 16.6. The second-order valence-electron chi connectivity index (χ2n) is 7.95. The molecule has 3 aromatic heterocycles. The number of pyridine rings is 1. The van der Waals surface area contributed by atoms with E-state index in [1.54, 1.807) is 13.1 Å². The maximum absolute atomic E-state index is 13.2. The molecule has 0 bridgehead atoms. The number of aryl methyl sites for hydroxylation is 2. The molecular weight excluding hydrogens is 356 g/mol. The zero-order valence-electron chi connectivity index (χ0n) is 16.8. The molecule has 0 aliphatic heterocycles. The van der Waals surface area contributed by atoms with Crippen molar-refractivity contribution in [3.63, 3.8) is 0 Å². The van der Waals surface area contributed by atoms with Gasteiger partial charge >= 0.3 is 0 Å². The van der Waals surface area contributed by atoms with Gasteiger partial charge in [0, 0.05) is 18.4 Å². The van der Waals surface area contributed by atoms with Crippen molar-refractivity contribution in [2.45, 2.75) is 71.4 Å². The van der Waals surface area contributed by atoms with Crippen LogP contribution >= 0.6 is 0 Å². The molecule has 0 atom stereocenters. The number of hydrogen-bond donors (Lipinski definition) is 1. The van der Waals surface area contributed by atoms with Crippen molar-refractivity contribution < 1.29 is 9.32 Å². The van der Waals surface area contributed by atoms with Crippen LogP contribution < -0.4 is 5.32 Å². The van der Waals surface area contributed by atoms with E-state index in [2.05, 4.69) is 39.4 Å². The fourth-order valence-electron chi connectivity index (χ4n) is 4.01. The Hall–Kier alpha value is -2.77. The van der Waals surface area contributed by atoms with Gasteiger partial charge < -0.3 is 9.84 Å². The highest BCUT2D eigenvalue weighted by Crippen LogP contribution is 2.36. The van der Waals surface area contributed by atoms with Crippen LogP contribution in [0.2, 0.25) is 0 Å². The maximum Gasteiger partial charge on any atom is 0.253 e. The average Bonchev–Trinajstić information content (AvgIpc) is 3.28. The molecule has 0 saturated heterocycles. The molecule has 1 saturated carbocycles. The van der Waals surface area contributed by atoms with Crippen molar-refractivity contribution in [3.8, 4) is 0 Å². The van der Waals surface area contributed by atoms with E-state index in [4.69, 9.17) is 4.52 Å². The first-order chi connectivity index (χ1) is 13.4. The summed E-state index contributed by atoms with van der Waals surface area (Å²) in [6, 6.07) is 2.08. The smallest absolute Gasteiger partial charge is 0.253 e. The SMILES string of the molecule is Cc1nc(C2(NC(=O)c3cc4cnn(C(C)C)c4nc3C)CCCCC2)no1. The molecule has 28 heavy (non-hydrogen) atoms. The molecule has 148 valence electrons. The summed E-state index contributed by atoms with van der Waals surface area (Å²) in [5.41, 5.74) is 1.45. The Kier molecular flexibility index (Phi) is 4.64. The van der Waals surface area contributed by atoms with Gasteiger partial charge in [0.15, 0.2) is 11.5 Å². The minimum atomic E-state index is -0.587. The molecule has 0 spiro atoms. The maximum atomic E-state index is 13.2. The van der Waals surface area contributed by atoms with Gasteiger partial charge in [0.2, 0.25) is 5.89 Å². The minimum absolute atomic E-state index is 0.159. The van der Waals surface area contributed by atoms with Gasteiger partial charge in [0.25, 0.3) is 5.91 Å². The lowest BCUT2D eigenvalue weighted by molar-refractivity contribution is 0.0854. The van der Waals surface area contributed by atoms with Gasteiger partial charge in [-0.3, -0.25) is 4.79 Å². The largest absolute Gasteiger partial charge is 0.340 e. The Balaban J connectivity index is 1.69. The van der Waals surface area contributed by atoms with E-state index in [-0.39, 0.29) is 11.9 Å². The summed E-state index contributed by atoms with van der Waals surface area (Å²) in [4.78, 5) is 22.3. The van der Waals surface area contributed by atoms with Crippen LogP contribution in [0.5, 0.6) is 0 Å². The lowest BCUT2D eigenvalue weighted by Gasteiger charge is -2.35. The van der Waals surface area contributed by atoms with E-state index in [0.717, 1.165) is 43.1 Å². The Morgan fingerprint density at radius 3 is 2.61 bits per heavy atom. The summed E-state index contributed by atoms with van der Waals surface area (Å²) in [5, 5.41) is 12.6. The van der Waals surface area contributed by atoms with Gasteiger partial charge in [0.1, 0.15) is 5.54 Å². The highest BCUT2D eigenvalue weighted by Gasteiger charge is 2.40. The summed E-state index contributed by atoms with van der Waals surface area (Å²) < 4.78 is 7.07. The van der Waals surface area contributed by atoms with Gasteiger partial charge in [-0.15, -0.1) is 0 Å². The van der Waals surface area contributed by atoms with E-state index < -0.39 is 5.54 Å². The van der Waals surface area contributed by atoms with Crippen molar-refractivity contribution in [3.05, 3.63) is 35.2 Å². The Labute approximate surface area is 163 Å². The number of amides is 1. The third-order valence-electron chi connectivity index (χ3n) is 5.51. The number of aromatic nitrogens is 5. The Morgan fingerprint density at radius 2 is 1.96 bits per heavy atom. The summed E-state index contributed by atoms with van der Waals surface area (Å²) >= 11 is 0. The quantitative estimate of drug-likeness (QED) is 0.740. The molecular formula is C20H26N6O2. The molecule has 0 unspecified atom stereocenters. The van der Waals surface area contributed by atoms with Gasteiger partial charge in [-0.05, 0) is 39.7 Å². The second kappa shape index (κ2) is 7.00. The first-order valence-corrected chi connectivity index (χ1v) is 9.88. The minimum Gasteiger partial charge on any atom is -0.340 e. The van der Waals surface area contributed by atoms with Crippen LogP contribution in [0.1, 0.15) is 79.8 Å². The molecule has 1 aliphatic carbocycles. The van der Waals surface area contributed by atoms with Crippen LogP contribution in [0, 0.1) is 13.8 Å². The lowest BCUT2D eigenvalue weighted by Crippen LogP contribution is -2.48. The number of carbonyl (C=O) groups excluding carboxylic acids is 1. The first-order valence-electron chi connectivity index (χ1n) is 9.88. The first kappa shape index (κ1) is 18.6. The predicted molar refractivity (Wildman–Crippen MR) is 104 cm³/mol. The van der Waals surface area contributed by atoms with E-state index in [9.17, 15) is 4.79 Å². The fraction of sp³-hybridized carbons (Fsp3) is 0.550. The molecule has 3 aromatic rings. The van der Waals surface area contributed by atoms with Crippen molar-refractivity contribution in [2.24, 2.45) is 0 Å². The third-order valence-corrected chi connectivity index (χ3v) is 5.51. The molecule has 1 amide bonds. The van der Waals surface area contributed by atoms with Crippen LogP contribution in [0.4, 0.5) is 0 Å². The molecule has 8 nitrogen and oxygen atoms in total. The summed E-state index contributed by atoms with van der Waals surface area (Å²) in [6.45, 7) is 7.74. The molecule has 1 N–H and O–H groups in total. The zero-order valence-corrected chi connectivity index (χ0v) is 16.8. The highest BCUT2D eigenvalue weighted by molar-refractivity contribution is 5.98. The van der Waals surface area contributed by atoms with Crippen molar-refractivity contribution >= 4 is 16.9 Å². The number of hydrogen-bond acceptors (Lipinski definition) is 6. The van der Waals surface area contributed by atoms with E-state index in [1.165, 1.54) is 0 Å². The van der Waals surface area contributed by atoms with Gasteiger partial charge in [-0.25, -0.2) is 9.67 Å². The topological polar surface area (TPSA) is 98.7 Å². The number of nitrogens with zero attached hydrogens (tertiary/aromatic N) is 5. The second-order valence-corrected chi connectivity index (χ2v) is 7.95. The molecule has 4 rings (SSSR count). The molecule has 0 aromatic carbocycles. The van der Waals surface area contributed by atoms with E-state index in [1.807, 2.05) is 17.7 Å². The zero-order chi connectivity index (χ0) is 19.9. The molecule has 1 aliphatic rings. The Bertz CT molecular complexity index is 1010. The summed E-state index contributed by atoms with van der Waals surface area (Å²) in [6.07, 6.45) is 6.55. The Morgan fingerprint density at radius 1 is 1.21 bits per heavy atom. The van der Waals surface area contributed by atoms with Crippen LogP contribution in [-0.4, -0.2) is 30.8 Å². The van der Waals surface area contributed by atoms with Crippen molar-refractivity contribution in [1.82, 2.24) is 30.2 Å². The lowest BCUT2D eigenvalue weighted by atomic mass is 9.80. The predicted octanol–water partition coefficient (Wildman–Crippen LogP) is 3.60. The number of carbonyl (C=O) groups is 1. The van der Waals surface area contributed by atoms with E-state index >= 15 is 0 Å². The van der Waals surface area contributed by atoms with Gasteiger partial charge in [-0.1, -0.05) is 24.4 Å². The summed E-state index contributed by atoms with van der Waals surface area (Å²) in [7, 11) is 0. The molecule has 3 heterocycles. The molecule has 8 heteroatoms. The van der Waals surface area contributed by atoms with Crippen LogP contribution in [0.25, 0.3) is 11.0 Å². The highest BCUT2D eigenvalue weighted by atomic mass is 16.5. The number of fused-ring (bicyclic) bond motifs is 1.